The van der Waals surface area contributed by atoms with Crippen LogP contribution in [0.3, 0.4) is 0 Å². The van der Waals surface area contributed by atoms with Crippen molar-refractivity contribution in [3.63, 3.8) is 0 Å². The average Bonchev–Trinajstić information content (AvgIpc) is 2.53. The monoisotopic (exact) mass is 300 g/mol. The molecule has 0 aromatic heterocycles. The van der Waals surface area contributed by atoms with Gasteiger partial charge in [0, 0.05) is 10.6 Å². The SMILES string of the molecule is [B]c1c([B])c(O)c(-c2c(Cl)ccc3ccccc23)c(O)c1[B]. The molecule has 0 spiro atoms. The Hall–Kier alpha value is -2.00. The summed E-state index contributed by atoms with van der Waals surface area (Å²) >= 11 is 6.29. The Kier molecular flexibility index (Phi) is 3.61. The highest BCUT2D eigenvalue weighted by Crippen LogP contribution is 2.42. The summed E-state index contributed by atoms with van der Waals surface area (Å²) in [5.41, 5.74) is 0.290. The Morgan fingerprint density at radius 1 is 0.727 bits per heavy atom. The van der Waals surface area contributed by atoms with Crippen LogP contribution in [0.1, 0.15) is 0 Å². The number of phenols is 2. The number of halogens is 1. The lowest BCUT2D eigenvalue weighted by Gasteiger charge is -2.19. The summed E-state index contributed by atoms with van der Waals surface area (Å²) in [7, 11) is 17.2. The highest BCUT2D eigenvalue weighted by molar-refractivity contribution is 6.59. The topological polar surface area (TPSA) is 40.5 Å². The van der Waals surface area contributed by atoms with E-state index >= 15 is 0 Å². The van der Waals surface area contributed by atoms with E-state index in [1.807, 2.05) is 30.3 Å². The second-order valence-corrected chi connectivity index (χ2v) is 5.36. The summed E-state index contributed by atoms with van der Waals surface area (Å²) in [6.45, 7) is 0. The van der Waals surface area contributed by atoms with Crippen LogP contribution in [-0.2, 0) is 0 Å². The van der Waals surface area contributed by atoms with Crippen molar-refractivity contribution in [3.8, 4) is 22.6 Å². The van der Waals surface area contributed by atoms with Gasteiger partial charge in [-0.15, -0.1) is 5.46 Å². The summed E-state index contributed by atoms with van der Waals surface area (Å²) < 4.78 is 0. The molecule has 3 aromatic rings. The first-order chi connectivity index (χ1) is 10.4. The van der Waals surface area contributed by atoms with Gasteiger partial charge in [-0.1, -0.05) is 52.9 Å². The fourth-order valence-corrected chi connectivity index (χ4v) is 2.78. The lowest BCUT2D eigenvalue weighted by Crippen LogP contribution is -2.39. The normalized spacial score (nSPS) is 11.0. The van der Waals surface area contributed by atoms with Crippen LogP contribution in [0.25, 0.3) is 21.9 Å². The molecule has 0 heterocycles. The number of aromatic hydroxyl groups is 2. The molecule has 0 unspecified atom stereocenters. The van der Waals surface area contributed by atoms with Crippen LogP contribution < -0.4 is 16.4 Å². The zero-order chi connectivity index (χ0) is 16.0. The first-order valence-corrected chi connectivity index (χ1v) is 6.87. The van der Waals surface area contributed by atoms with Gasteiger partial charge in [0.25, 0.3) is 0 Å². The van der Waals surface area contributed by atoms with E-state index in [-0.39, 0.29) is 33.5 Å². The van der Waals surface area contributed by atoms with Crippen LogP contribution in [0.2, 0.25) is 5.02 Å². The fourth-order valence-electron chi connectivity index (χ4n) is 2.52. The molecule has 2 nitrogen and oxygen atoms in total. The van der Waals surface area contributed by atoms with E-state index in [9.17, 15) is 10.2 Å². The van der Waals surface area contributed by atoms with Crippen molar-refractivity contribution in [3.05, 3.63) is 41.4 Å². The number of fused-ring (bicyclic) bond motifs is 1. The van der Waals surface area contributed by atoms with Crippen molar-refractivity contribution >= 4 is 62.3 Å². The van der Waals surface area contributed by atoms with Gasteiger partial charge in [-0.2, -0.15) is 0 Å². The molecular weight excluding hydrogens is 292 g/mol. The third-order valence-electron chi connectivity index (χ3n) is 3.69. The molecule has 2 N–H and O–H groups in total. The lowest BCUT2D eigenvalue weighted by molar-refractivity contribution is 0.460. The first kappa shape index (κ1) is 14.9. The molecule has 0 bridgehead atoms. The zero-order valence-electron chi connectivity index (χ0n) is 11.5. The number of benzene rings is 3. The van der Waals surface area contributed by atoms with Gasteiger partial charge in [-0.25, -0.2) is 0 Å². The molecule has 0 aliphatic heterocycles. The highest BCUT2D eigenvalue weighted by Gasteiger charge is 2.21. The maximum atomic E-state index is 10.3. The van der Waals surface area contributed by atoms with E-state index in [1.54, 1.807) is 6.07 Å². The molecule has 100 valence electrons. The fraction of sp³-hybridized carbons (Fsp3) is 0. The van der Waals surface area contributed by atoms with Crippen LogP contribution >= 0.6 is 11.6 Å². The second kappa shape index (κ2) is 5.33. The molecule has 0 amide bonds. The molecule has 0 atom stereocenters. The minimum atomic E-state index is -0.345. The summed E-state index contributed by atoms with van der Waals surface area (Å²) in [5, 5.41) is 22.7. The summed E-state index contributed by atoms with van der Waals surface area (Å²) in [4.78, 5) is 0. The van der Waals surface area contributed by atoms with Gasteiger partial charge in [0.05, 0.1) is 5.56 Å². The standard InChI is InChI=1S/C16H8B3ClO2/c17-12-13(18)15(21)11(16(22)14(12)19)10-8-4-2-1-3-7(8)5-6-9(10)20/h1-6,21-22H. The number of rotatable bonds is 1. The molecule has 6 heteroatoms. The summed E-state index contributed by atoms with van der Waals surface area (Å²) in [6, 6.07) is 11.0. The number of hydrogen-bond acceptors (Lipinski definition) is 2. The Labute approximate surface area is 137 Å². The van der Waals surface area contributed by atoms with Crippen molar-refractivity contribution in [1.82, 2.24) is 0 Å². The highest BCUT2D eigenvalue weighted by atomic mass is 35.5. The molecule has 3 rings (SSSR count). The van der Waals surface area contributed by atoms with Gasteiger partial charge in [0.15, 0.2) is 0 Å². The van der Waals surface area contributed by atoms with Crippen LogP contribution in [0, 0.1) is 0 Å². The average molecular weight is 300 g/mol. The van der Waals surface area contributed by atoms with Crippen molar-refractivity contribution in [1.29, 1.82) is 0 Å². The lowest BCUT2D eigenvalue weighted by atomic mass is 9.69. The molecule has 0 fully saturated rings. The van der Waals surface area contributed by atoms with Crippen molar-refractivity contribution in [2.24, 2.45) is 0 Å². The Morgan fingerprint density at radius 3 is 1.95 bits per heavy atom. The molecule has 6 radical (unpaired) electrons. The summed E-state index contributed by atoms with van der Waals surface area (Å²) in [5.74, 6) is -0.690. The van der Waals surface area contributed by atoms with E-state index < -0.39 is 0 Å². The minimum absolute atomic E-state index is 0.0601. The predicted octanol–water partition coefficient (Wildman–Crippen LogP) is 0.953. The third-order valence-corrected chi connectivity index (χ3v) is 4.01. The van der Waals surface area contributed by atoms with Gasteiger partial charge >= 0.3 is 0 Å². The van der Waals surface area contributed by atoms with Gasteiger partial charge in [-0.3, -0.25) is 0 Å². The maximum Gasteiger partial charge on any atom is 0.119 e. The smallest absolute Gasteiger partial charge is 0.119 e. The Bertz CT molecular complexity index is 881. The molecule has 0 saturated heterocycles. The van der Waals surface area contributed by atoms with E-state index in [1.165, 1.54) is 0 Å². The van der Waals surface area contributed by atoms with Gasteiger partial charge in [0.2, 0.25) is 0 Å². The van der Waals surface area contributed by atoms with Crippen LogP contribution in [0.5, 0.6) is 11.5 Å². The second-order valence-electron chi connectivity index (χ2n) is 4.96. The molecule has 3 aromatic carbocycles. The van der Waals surface area contributed by atoms with E-state index in [2.05, 4.69) is 0 Å². The largest absolute Gasteiger partial charge is 0.508 e. The number of hydrogen-bond donors (Lipinski definition) is 2. The van der Waals surface area contributed by atoms with E-state index in [0.717, 1.165) is 10.8 Å². The van der Waals surface area contributed by atoms with Crippen LogP contribution in [0.15, 0.2) is 36.4 Å². The zero-order valence-corrected chi connectivity index (χ0v) is 12.2. The predicted molar refractivity (Wildman–Crippen MR) is 93.9 cm³/mol. The molecule has 0 aliphatic carbocycles. The van der Waals surface area contributed by atoms with Crippen LogP contribution in [-0.4, -0.2) is 33.8 Å². The van der Waals surface area contributed by atoms with Gasteiger partial charge < -0.3 is 10.2 Å². The minimum Gasteiger partial charge on any atom is -0.508 e. The van der Waals surface area contributed by atoms with Crippen molar-refractivity contribution in [2.75, 3.05) is 0 Å². The van der Waals surface area contributed by atoms with Crippen molar-refractivity contribution in [2.45, 2.75) is 0 Å². The maximum absolute atomic E-state index is 10.3. The Morgan fingerprint density at radius 2 is 1.32 bits per heavy atom. The van der Waals surface area contributed by atoms with Crippen molar-refractivity contribution < 1.29 is 10.2 Å². The molecular formula is C16H8B3ClO2. The molecule has 0 saturated carbocycles. The summed E-state index contributed by atoms with van der Waals surface area (Å²) in [6.07, 6.45) is 0. The molecule has 22 heavy (non-hydrogen) atoms. The first-order valence-electron chi connectivity index (χ1n) is 6.49. The van der Waals surface area contributed by atoms with Gasteiger partial charge in [0.1, 0.15) is 35.0 Å². The van der Waals surface area contributed by atoms with E-state index in [4.69, 9.17) is 35.1 Å². The van der Waals surface area contributed by atoms with Crippen LogP contribution in [0.4, 0.5) is 0 Å². The van der Waals surface area contributed by atoms with Gasteiger partial charge in [-0.05, 0) is 16.8 Å². The van der Waals surface area contributed by atoms with E-state index in [0.29, 0.717) is 10.6 Å². The number of phenolic OH excluding ortho intramolecular Hbond substituents is 2. The quantitative estimate of drug-likeness (QED) is 0.657. The molecule has 0 aliphatic rings. The Balaban J connectivity index is 2.51. The third kappa shape index (κ3) is 2.08.